The maximum absolute atomic E-state index is 12.6. The third-order valence-corrected chi connectivity index (χ3v) is 4.04. The van der Waals surface area contributed by atoms with Crippen molar-refractivity contribution in [3.05, 3.63) is 41.6 Å². The van der Waals surface area contributed by atoms with E-state index in [1.807, 2.05) is 0 Å². The molecule has 3 rings (SSSR count). The van der Waals surface area contributed by atoms with Gasteiger partial charge < -0.3 is 9.32 Å². The molecule has 0 saturated carbocycles. The number of carbonyl (C=O) groups excluding carboxylic acids is 1. The molecule has 3 heterocycles. The molecule has 0 spiro atoms. The lowest BCUT2D eigenvalue weighted by molar-refractivity contribution is -0.141. The minimum atomic E-state index is -4.46. The van der Waals surface area contributed by atoms with Crippen molar-refractivity contribution in [2.24, 2.45) is 0 Å². The molecule has 8 heteroatoms. The number of nitrogens with one attached hydrogen (secondary N) is 1. The summed E-state index contributed by atoms with van der Waals surface area (Å²) in [5.74, 6) is -0.202. The van der Waals surface area contributed by atoms with Crippen molar-refractivity contribution in [3.8, 4) is 0 Å². The predicted octanol–water partition coefficient (Wildman–Crippen LogP) is 2.97. The van der Waals surface area contributed by atoms with E-state index in [9.17, 15) is 18.0 Å². The molecule has 1 aliphatic rings. The highest BCUT2D eigenvalue weighted by molar-refractivity contribution is 5.78. The van der Waals surface area contributed by atoms with Gasteiger partial charge in [0.25, 0.3) is 0 Å². The summed E-state index contributed by atoms with van der Waals surface area (Å²) in [7, 11) is 0. The summed E-state index contributed by atoms with van der Waals surface area (Å²) in [6.45, 7) is 1.02. The number of rotatable bonds is 3. The van der Waals surface area contributed by atoms with E-state index < -0.39 is 11.9 Å². The second-order valence-electron chi connectivity index (χ2n) is 5.69. The fourth-order valence-electron chi connectivity index (χ4n) is 2.83. The SMILES string of the molecule is O=C(Cc1ccoc1)N1CCCC(c2cc(C(F)(F)F)n[nH]2)C1. The van der Waals surface area contributed by atoms with Gasteiger partial charge in [-0.3, -0.25) is 9.89 Å². The second-order valence-corrected chi connectivity index (χ2v) is 5.69. The number of carbonyl (C=O) groups is 1. The van der Waals surface area contributed by atoms with Crippen LogP contribution in [0, 0.1) is 0 Å². The lowest BCUT2D eigenvalue weighted by Gasteiger charge is -2.32. The van der Waals surface area contributed by atoms with E-state index in [2.05, 4.69) is 10.2 Å². The highest BCUT2D eigenvalue weighted by Crippen LogP contribution is 2.32. The second kappa shape index (κ2) is 6.10. The predicted molar refractivity (Wildman–Crippen MR) is 74.6 cm³/mol. The molecule has 1 atom stereocenters. The zero-order chi connectivity index (χ0) is 16.4. The molecule has 0 aromatic carbocycles. The molecule has 124 valence electrons. The highest BCUT2D eigenvalue weighted by atomic mass is 19.4. The van der Waals surface area contributed by atoms with E-state index in [1.54, 1.807) is 11.0 Å². The van der Waals surface area contributed by atoms with E-state index in [0.29, 0.717) is 18.8 Å². The maximum Gasteiger partial charge on any atom is 0.435 e. The molecule has 1 saturated heterocycles. The number of hydrogen-bond acceptors (Lipinski definition) is 3. The quantitative estimate of drug-likeness (QED) is 0.943. The smallest absolute Gasteiger partial charge is 0.435 e. The summed E-state index contributed by atoms with van der Waals surface area (Å²) in [4.78, 5) is 14.0. The van der Waals surface area contributed by atoms with Gasteiger partial charge >= 0.3 is 6.18 Å². The van der Waals surface area contributed by atoms with Gasteiger partial charge in [0.1, 0.15) is 0 Å². The highest BCUT2D eigenvalue weighted by Gasteiger charge is 2.35. The van der Waals surface area contributed by atoms with Gasteiger partial charge in [-0.15, -0.1) is 0 Å². The van der Waals surface area contributed by atoms with Crippen LogP contribution in [-0.4, -0.2) is 34.1 Å². The lowest BCUT2D eigenvalue weighted by Crippen LogP contribution is -2.40. The molecule has 1 aliphatic heterocycles. The van der Waals surface area contributed by atoms with Crippen LogP contribution in [0.4, 0.5) is 13.2 Å². The van der Waals surface area contributed by atoms with Crippen LogP contribution in [0.2, 0.25) is 0 Å². The first kappa shape index (κ1) is 15.6. The van der Waals surface area contributed by atoms with Crippen LogP contribution in [-0.2, 0) is 17.4 Å². The molecule has 0 aliphatic carbocycles. The summed E-state index contributed by atoms with van der Waals surface area (Å²) >= 11 is 0. The van der Waals surface area contributed by atoms with Crippen LogP contribution in [0.15, 0.2) is 29.1 Å². The van der Waals surface area contributed by atoms with Gasteiger partial charge in [0.2, 0.25) is 5.91 Å². The number of alkyl halides is 3. The monoisotopic (exact) mass is 327 g/mol. The largest absolute Gasteiger partial charge is 0.472 e. The number of aromatic nitrogens is 2. The zero-order valence-corrected chi connectivity index (χ0v) is 12.3. The Morgan fingerprint density at radius 2 is 2.30 bits per heavy atom. The average Bonchev–Trinajstić information content (AvgIpc) is 3.18. The average molecular weight is 327 g/mol. The lowest BCUT2D eigenvalue weighted by atomic mass is 9.94. The fraction of sp³-hybridized carbons (Fsp3) is 0.467. The molecule has 1 unspecified atom stereocenters. The Bertz CT molecular complexity index is 664. The molecule has 1 fully saturated rings. The van der Waals surface area contributed by atoms with Crippen molar-refractivity contribution in [1.82, 2.24) is 15.1 Å². The number of likely N-dealkylation sites (tertiary alicyclic amines) is 1. The molecule has 5 nitrogen and oxygen atoms in total. The number of H-pyrrole nitrogens is 1. The standard InChI is InChI=1S/C15H16F3N3O2/c16-15(17,18)13-7-12(19-20-13)11-2-1-4-21(8-11)14(22)6-10-3-5-23-9-10/h3,5,7,9,11H,1-2,4,6,8H2,(H,19,20). The van der Waals surface area contributed by atoms with E-state index in [4.69, 9.17) is 4.42 Å². The van der Waals surface area contributed by atoms with Crippen LogP contribution < -0.4 is 0 Å². The van der Waals surface area contributed by atoms with Gasteiger partial charge in [-0.1, -0.05) is 0 Å². The Balaban J connectivity index is 1.66. The topological polar surface area (TPSA) is 62.1 Å². The van der Waals surface area contributed by atoms with Crippen molar-refractivity contribution in [1.29, 1.82) is 0 Å². The number of aromatic amines is 1. The van der Waals surface area contributed by atoms with Gasteiger partial charge in [0.05, 0.1) is 18.9 Å². The van der Waals surface area contributed by atoms with Crippen LogP contribution in [0.3, 0.4) is 0 Å². The third-order valence-electron chi connectivity index (χ3n) is 4.04. The zero-order valence-electron chi connectivity index (χ0n) is 12.3. The molecule has 0 bridgehead atoms. The van der Waals surface area contributed by atoms with Crippen molar-refractivity contribution in [2.75, 3.05) is 13.1 Å². The number of hydrogen-bond donors (Lipinski definition) is 1. The third kappa shape index (κ3) is 3.57. The Kier molecular flexibility index (Phi) is 4.14. The molecular weight excluding hydrogens is 311 g/mol. The van der Waals surface area contributed by atoms with Crippen LogP contribution in [0.1, 0.15) is 35.7 Å². The molecule has 23 heavy (non-hydrogen) atoms. The Labute approximate surface area is 130 Å². The number of piperidine rings is 1. The summed E-state index contributed by atoms with van der Waals surface area (Å²) in [6, 6.07) is 2.76. The molecule has 2 aromatic rings. The normalized spacial score (nSPS) is 19.1. The summed E-state index contributed by atoms with van der Waals surface area (Å²) < 4.78 is 42.8. The van der Waals surface area contributed by atoms with E-state index in [1.165, 1.54) is 12.5 Å². The number of furan rings is 1. The summed E-state index contributed by atoms with van der Waals surface area (Å²) in [5, 5.41) is 5.79. The number of amides is 1. The van der Waals surface area contributed by atoms with Gasteiger partial charge in [-0.05, 0) is 30.5 Å². The molecule has 1 N–H and O–H groups in total. The number of halogens is 3. The first-order valence-corrected chi connectivity index (χ1v) is 7.35. The Morgan fingerprint density at radius 3 is 2.96 bits per heavy atom. The minimum Gasteiger partial charge on any atom is -0.472 e. The molecule has 0 radical (unpaired) electrons. The van der Waals surface area contributed by atoms with E-state index in [-0.39, 0.29) is 18.2 Å². The van der Waals surface area contributed by atoms with Crippen molar-refractivity contribution >= 4 is 5.91 Å². The molecule has 1 amide bonds. The summed E-state index contributed by atoms with van der Waals surface area (Å²) in [5.41, 5.74) is 0.297. The Hall–Kier alpha value is -2.25. The maximum atomic E-state index is 12.6. The van der Waals surface area contributed by atoms with E-state index >= 15 is 0 Å². The van der Waals surface area contributed by atoms with Crippen molar-refractivity contribution in [3.63, 3.8) is 0 Å². The van der Waals surface area contributed by atoms with Gasteiger partial charge in [0, 0.05) is 24.7 Å². The molecule has 2 aromatic heterocycles. The first-order chi connectivity index (χ1) is 10.9. The van der Waals surface area contributed by atoms with Gasteiger partial charge in [-0.25, -0.2) is 0 Å². The number of nitrogens with zero attached hydrogens (tertiary/aromatic N) is 2. The van der Waals surface area contributed by atoms with Gasteiger partial charge in [0.15, 0.2) is 5.69 Å². The van der Waals surface area contributed by atoms with E-state index in [0.717, 1.165) is 24.5 Å². The van der Waals surface area contributed by atoms with Crippen molar-refractivity contribution in [2.45, 2.75) is 31.4 Å². The van der Waals surface area contributed by atoms with Crippen LogP contribution in [0.5, 0.6) is 0 Å². The van der Waals surface area contributed by atoms with Crippen LogP contribution >= 0.6 is 0 Å². The van der Waals surface area contributed by atoms with Crippen molar-refractivity contribution < 1.29 is 22.4 Å². The first-order valence-electron chi connectivity index (χ1n) is 7.35. The van der Waals surface area contributed by atoms with Gasteiger partial charge in [-0.2, -0.15) is 18.3 Å². The Morgan fingerprint density at radius 1 is 1.48 bits per heavy atom. The molecular formula is C15H16F3N3O2. The summed E-state index contributed by atoms with van der Waals surface area (Å²) in [6.07, 6.45) is 0.284. The minimum absolute atomic E-state index is 0.0494. The fourth-order valence-corrected chi connectivity index (χ4v) is 2.83. The van der Waals surface area contributed by atoms with Crippen LogP contribution in [0.25, 0.3) is 0 Å².